The minimum atomic E-state index is -0.816. The zero-order valence-corrected chi connectivity index (χ0v) is 11.7. The number of hydrogen-bond acceptors (Lipinski definition) is 5. The third kappa shape index (κ3) is 6.48. The Morgan fingerprint density at radius 1 is 1.10 bits per heavy atom. The number of carbonyl (C=O) groups excluding carboxylic acids is 2. The highest BCUT2D eigenvalue weighted by Crippen LogP contribution is 2.03. The molecule has 0 aromatic rings. The van der Waals surface area contributed by atoms with Crippen LogP contribution in [0.15, 0.2) is 0 Å². The van der Waals surface area contributed by atoms with Crippen LogP contribution in [0.2, 0.25) is 0 Å². The van der Waals surface area contributed by atoms with Gasteiger partial charge in [0.05, 0.1) is 6.54 Å². The second kappa shape index (κ2) is 8.49. The topological polar surface area (TPSA) is 102 Å². The van der Waals surface area contributed by atoms with Crippen LogP contribution < -0.4 is 10.6 Å². The van der Waals surface area contributed by atoms with Gasteiger partial charge in [0.2, 0.25) is 5.91 Å². The number of aliphatic carboxylic acids is 1. The number of urea groups is 1. The molecular formula is C12H22N4O4. The van der Waals surface area contributed by atoms with E-state index >= 15 is 0 Å². The van der Waals surface area contributed by atoms with E-state index in [1.807, 2.05) is 4.90 Å². The Balaban J connectivity index is 2.26. The normalized spacial score (nSPS) is 17.2. The fourth-order valence-corrected chi connectivity index (χ4v) is 2.11. The molecule has 1 fully saturated rings. The summed E-state index contributed by atoms with van der Waals surface area (Å²) in [6.07, 6.45) is 1.14. The second-order valence-corrected chi connectivity index (χ2v) is 4.74. The lowest BCUT2D eigenvalue weighted by Crippen LogP contribution is -2.39. The van der Waals surface area contributed by atoms with Gasteiger partial charge in [-0.3, -0.25) is 19.8 Å². The van der Waals surface area contributed by atoms with E-state index in [0.29, 0.717) is 13.1 Å². The van der Waals surface area contributed by atoms with Gasteiger partial charge >= 0.3 is 12.0 Å². The number of rotatable bonds is 5. The molecule has 0 aromatic heterocycles. The van der Waals surface area contributed by atoms with Gasteiger partial charge in [-0.25, -0.2) is 4.79 Å². The fraction of sp³-hybridized carbons (Fsp3) is 0.750. The Labute approximate surface area is 118 Å². The fourth-order valence-electron chi connectivity index (χ4n) is 2.11. The van der Waals surface area contributed by atoms with E-state index in [-0.39, 0.29) is 18.9 Å². The van der Waals surface area contributed by atoms with Crippen LogP contribution in [0.3, 0.4) is 0 Å². The van der Waals surface area contributed by atoms with Crippen molar-refractivity contribution in [1.29, 1.82) is 0 Å². The molecule has 0 spiro atoms. The van der Waals surface area contributed by atoms with Crippen molar-refractivity contribution in [1.82, 2.24) is 20.4 Å². The molecule has 3 N–H and O–H groups in total. The number of hydrogen-bond donors (Lipinski definition) is 3. The van der Waals surface area contributed by atoms with Gasteiger partial charge in [-0.2, -0.15) is 0 Å². The standard InChI is InChI=1S/C12H22N4O4/c1-13-12(20)14-10(17)3-6-15-4-2-5-16(8-7-15)9-11(18)19/h2-9H2,1H3,(H,18,19)(H2,13,14,17,20). The molecule has 8 nitrogen and oxygen atoms in total. The molecule has 1 heterocycles. The summed E-state index contributed by atoms with van der Waals surface area (Å²) in [5.41, 5.74) is 0. The maximum Gasteiger partial charge on any atom is 0.321 e. The van der Waals surface area contributed by atoms with E-state index < -0.39 is 12.0 Å². The smallest absolute Gasteiger partial charge is 0.321 e. The van der Waals surface area contributed by atoms with Crippen LogP contribution in [0.25, 0.3) is 0 Å². The van der Waals surface area contributed by atoms with E-state index in [1.165, 1.54) is 7.05 Å². The predicted octanol–water partition coefficient (Wildman–Crippen LogP) is -1.08. The molecule has 3 amide bonds. The minimum absolute atomic E-state index is 0.0605. The highest BCUT2D eigenvalue weighted by atomic mass is 16.4. The average molecular weight is 286 g/mol. The molecule has 20 heavy (non-hydrogen) atoms. The molecule has 8 heteroatoms. The van der Waals surface area contributed by atoms with E-state index in [1.54, 1.807) is 0 Å². The molecule has 1 aliphatic rings. The Kier molecular flexibility index (Phi) is 6.96. The van der Waals surface area contributed by atoms with Crippen LogP contribution in [0, 0.1) is 0 Å². The van der Waals surface area contributed by atoms with Crippen molar-refractivity contribution in [2.24, 2.45) is 0 Å². The molecule has 0 aromatic carbocycles. The van der Waals surface area contributed by atoms with Crippen LogP contribution >= 0.6 is 0 Å². The van der Waals surface area contributed by atoms with Crippen LogP contribution in [0.5, 0.6) is 0 Å². The van der Waals surface area contributed by atoms with Gasteiger partial charge < -0.3 is 15.3 Å². The third-order valence-electron chi connectivity index (χ3n) is 3.18. The molecule has 0 radical (unpaired) electrons. The molecule has 0 aliphatic carbocycles. The summed E-state index contributed by atoms with van der Waals surface area (Å²) in [6, 6.07) is -0.501. The summed E-state index contributed by atoms with van der Waals surface area (Å²) in [6.45, 7) is 3.65. The average Bonchev–Trinajstić information content (AvgIpc) is 2.61. The van der Waals surface area contributed by atoms with E-state index in [0.717, 1.165) is 26.1 Å². The zero-order valence-electron chi connectivity index (χ0n) is 11.7. The van der Waals surface area contributed by atoms with Crippen molar-refractivity contribution in [2.75, 3.05) is 46.3 Å². The first-order valence-electron chi connectivity index (χ1n) is 6.69. The number of carbonyl (C=O) groups is 3. The van der Waals surface area contributed by atoms with Crippen LogP contribution in [0.4, 0.5) is 4.79 Å². The Morgan fingerprint density at radius 2 is 1.75 bits per heavy atom. The number of nitrogens with one attached hydrogen (secondary N) is 2. The van der Waals surface area contributed by atoms with Gasteiger partial charge in [-0.1, -0.05) is 0 Å². The Hall–Kier alpha value is -1.67. The van der Waals surface area contributed by atoms with Crippen molar-refractivity contribution in [2.45, 2.75) is 12.8 Å². The first-order valence-corrected chi connectivity index (χ1v) is 6.69. The van der Waals surface area contributed by atoms with Crippen molar-refractivity contribution >= 4 is 17.9 Å². The summed E-state index contributed by atoms with van der Waals surface area (Å²) >= 11 is 0. The highest BCUT2D eigenvalue weighted by molar-refractivity contribution is 5.94. The van der Waals surface area contributed by atoms with Gasteiger partial charge in [0.15, 0.2) is 0 Å². The lowest BCUT2D eigenvalue weighted by atomic mass is 10.3. The van der Waals surface area contributed by atoms with E-state index in [2.05, 4.69) is 15.5 Å². The summed E-state index contributed by atoms with van der Waals surface area (Å²) in [4.78, 5) is 37.1. The molecule has 1 rings (SSSR count). The predicted molar refractivity (Wildman–Crippen MR) is 72.3 cm³/mol. The molecular weight excluding hydrogens is 264 g/mol. The van der Waals surface area contributed by atoms with E-state index in [9.17, 15) is 14.4 Å². The first-order chi connectivity index (χ1) is 9.51. The van der Waals surface area contributed by atoms with Gasteiger partial charge in [0.1, 0.15) is 0 Å². The van der Waals surface area contributed by atoms with Gasteiger partial charge in [-0.15, -0.1) is 0 Å². The lowest BCUT2D eigenvalue weighted by Gasteiger charge is -2.20. The van der Waals surface area contributed by atoms with Crippen molar-refractivity contribution in [3.05, 3.63) is 0 Å². The number of carboxylic acid groups (broad SMARTS) is 1. The summed E-state index contributed by atoms with van der Waals surface area (Å²) in [5, 5.41) is 13.3. The van der Waals surface area contributed by atoms with Gasteiger partial charge in [0.25, 0.3) is 0 Å². The number of imide groups is 1. The molecule has 0 unspecified atom stereocenters. The van der Waals surface area contributed by atoms with Crippen molar-refractivity contribution in [3.8, 4) is 0 Å². The number of carboxylic acids is 1. The molecule has 1 aliphatic heterocycles. The van der Waals surface area contributed by atoms with Crippen LogP contribution in [0.1, 0.15) is 12.8 Å². The SMILES string of the molecule is CNC(=O)NC(=O)CCN1CCCN(CC(=O)O)CC1. The third-order valence-corrected chi connectivity index (χ3v) is 3.18. The Bertz CT molecular complexity index is 361. The number of amides is 3. The monoisotopic (exact) mass is 286 g/mol. The lowest BCUT2D eigenvalue weighted by molar-refractivity contribution is -0.138. The molecule has 1 saturated heterocycles. The maximum atomic E-state index is 11.5. The van der Waals surface area contributed by atoms with Crippen molar-refractivity contribution < 1.29 is 19.5 Å². The number of nitrogens with zero attached hydrogens (tertiary/aromatic N) is 2. The van der Waals surface area contributed by atoms with Crippen LogP contribution in [-0.4, -0.2) is 79.1 Å². The Morgan fingerprint density at radius 3 is 2.40 bits per heavy atom. The molecule has 0 saturated carbocycles. The maximum absolute atomic E-state index is 11.5. The summed E-state index contributed by atoms with van der Waals surface area (Å²) in [5.74, 6) is -1.13. The van der Waals surface area contributed by atoms with Crippen molar-refractivity contribution in [3.63, 3.8) is 0 Å². The first kappa shape index (κ1) is 16.4. The van der Waals surface area contributed by atoms with Gasteiger partial charge in [-0.05, 0) is 13.0 Å². The van der Waals surface area contributed by atoms with Gasteiger partial charge in [0, 0.05) is 39.6 Å². The molecule has 114 valence electrons. The molecule has 0 atom stereocenters. The largest absolute Gasteiger partial charge is 0.480 e. The highest BCUT2D eigenvalue weighted by Gasteiger charge is 2.17. The minimum Gasteiger partial charge on any atom is -0.480 e. The zero-order chi connectivity index (χ0) is 15.0. The van der Waals surface area contributed by atoms with E-state index in [4.69, 9.17) is 5.11 Å². The second-order valence-electron chi connectivity index (χ2n) is 4.74. The molecule has 0 bridgehead atoms. The van der Waals surface area contributed by atoms with Crippen LogP contribution in [-0.2, 0) is 9.59 Å². The quantitative estimate of drug-likeness (QED) is 0.594. The summed E-state index contributed by atoms with van der Waals surface area (Å²) in [7, 11) is 1.45. The summed E-state index contributed by atoms with van der Waals surface area (Å²) < 4.78 is 0.